The first-order chi connectivity index (χ1) is 14.6. The van der Waals surface area contributed by atoms with E-state index in [1.807, 2.05) is 0 Å². The largest absolute Gasteiger partial charge is 0.433 e. The van der Waals surface area contributed by atoms with Crippen molar-refractivity contribution >= 4 is 10.9 Å². The van der Waals surface area contributed by atoms with Crippen LogP contribution in [-0.2, 0) is 12.4 Å². The summed E-state index contributed by atoms with van der Waals surface area (Å²) < 4.78 is 79.7. The van der Waals surface area contributed by atoms with Gasteiger partial charge in [-0.3, -0.25) is 0 Å². The molecule has 0 fully saturated rings. The molecule has 1 atom stereocenters. The van der Waals surface area contributed by atoms with E-state index in [9.17, 15) is 31.4 Å². The molecule has 174 valence electrons. The van der Waals surface area contributed by atoms with Crippen LogP contribution in [0.3, 0.4) is 0 Å². The quantitative estimate of drug-likeness (QED) is 0.298. The maximum absolute atomic E-state index is 13.3. The molecule has 0 unspecified atom stereocenters. The van der Waals surface area contributed by atoms with Gasteiger partial charge in [0.25, 0.3) is 0 Å². The summed E-state index contributed by atoms with van der Waals surface area (Å²) in [4.78, 5) is 3.23. The summed E-state index contributed by atoms with van der Waals surface area (Å²) in [5, 5.41) is 13.3. The number of halogens is 6. The molecule has 2 rings (SSSR count). The molecule has 2 N–H and O–H groups in total. The predicted molar refractivity (Wildman–Crippen MR) is 108 cm³/mol. The molecule has 0 aliphatic heterocycles. The molecule has 1 heterocycles. The van der Waals surface area contributed by atoms with E-state index in [0.29, 0.717) is 18.7 Å². The Morgan fingerprint density at radius 2 is 1.58 bits per heavy atom. The molecular formula is C22H28F6N2O. The standard InChI is InChI=1S/C22H28F6N2O/c1-2-3-4-5-6-7-8-12-29-14-18(31)16-13-19(22(26,27)28)30-20-15(16)10-9-11-17(20)21(23,24)25/h9-11,13,18,29,31H,2-8,12,14H2,1H3/t18-/m0/s1. The fraction of sp³-hybridized carbons (Fsp3) is 0.591. The summed E-state index contributed by atoms with van der Waals surface area (Å²) in [6.07, 6.45) is -3.54. The van der Waals surface area contributed by atoms with Crippen LogP contribution in [0.1, 0.15) is 74.8 Å². The zero-order valence-electron chi connectivity index (χ0n) is 17.4. The van der Waals surface area contributed by atoms with Gasteiger partial charge in [-0.2, -0.15) is 26.3 Å². The van der Waals surface area contributed by atoms with E-state index in [-0.39, 0.29) is 17.5 Å². The van der Waals surface area contributed by atoms with Crippen LogP contribution >= 0.6 is 0 Å². The fourth-order valence-electron chi connectivity index (χ4n) is 3.48. The first-order valence-corrected chi connectivity index (χ1v) is 10.5. The number of rotatable bonds is 11. The maximum atomic E-state index is 13.3. The van der Waals surface area contributed by atoms with Gasteiger partial charge < -0.3 is 10.4 Å². The fourth-order valence-corrected chi connectivity index (χ4v) is 3.48. The van der Waals surface area contributed by atoms with Crippen LogP contribution in [0.25, 0.3) is 10.9 Å². The summed E-state index contributed by atoms with van der Waals surface area (Å²) in [6.45, 7) is 2.64. The molecule has 0 saturated heterocycles. The Bertz CT molecular complexity index is 835. The van der Waals surface area contributed by atoms with Crippen LogP contribution in [0.2, 0.25) is 0 Å². The monoisotopic (exact) mass is 450 g/mol. The second-order valence-electron chi connectivity index (χ2n) is 7.64. The molecule has 0 saturated carbocycles. The third-order valence-corrected chi connectivity index (χ3v) is 5.12. The topological polar surface area (TPSA) is 45.1 Å². The van der Waals surface area contributed by atoms with Gasteiger partial charge >= 0.3 is 12.4 Å². The number of nitrogens with one attached hydrogen (secondary N) is 1. The highest BCUT2D eigenvalue weighted by atomic mass is 19.4. The highest BCUT2D eigenvalue weighted by molar-refractivity contribution is 5.86. The summed E-state index contributed by atoms with van der Waals surface area (Å²) in [6, 6.07) is 3.65. The molecule has 31 heavy (non-hydrogen) atoms. The van der Waals surface area contributed by atoms with Gasteiger partial charge in [-0.05, 0) is 30.7 Å². The number of pyridine rings is 1. The minimum atomic E-state index is -4.94. The molecule has 0 bridgehead atoms. The molecule has 0 aliphatic carbocycles. The van der Waals surface area contributed by atoms with Gasteiger partial charge in [0, 0.05) is 11.9 Å². The van der Waals surface area contributed by atoms with Crippen LogP contribution in [-0.4, -0.2) is 23.2 Å². The molecular weight excluding hydrogens is 422 g/mol. The maximum Gasteiger partial charge on any atom is 0.433 e. The van der Waals surface area contributed by atoms with Crippen molar-refractivity contribution in [2.24, 2.45) is 0 Å². The second-order valence-corrected chi connectivity index (χ2v) is 7.64. The summed E-state index contributed by atoms with van der Waals surface area (Å²) in [5.41, 5.74) is -3.76. The number of hydrogen-bond acceptors (Lipinski definition) is 3. The van der Waals surface area contributed by atoms with Crippen molar-refractivity contribution in [1.82, 2.24) is 10.3 Å². The van der Waals surface area contributed by atoms with E-state index < -0.39 is 35.2 Å². The smallest absolute Gasteiger partial charge is 0.387 e. The summed E-state index contributed by atoms with van der Waals surface area (Å²) >= 11 is 0. The van der Waals surface area contributed by atoms with Crippen LogP contribution in [0.15, 0.2) is 24.3 Å². The number of unbranched alkanes of at least 4 members (excludes halogenated alkanes) is 6. The summed E-state index contributed by atoms with van der Waals surface area (Å²) in [5.74, 6) is 0. The number of para-hydroxylation sites is 1. The van der Waals surface area contributed by atoms with Crippen molar-refractivity contribution in [3.8, 4) is 0 Å². The number of fused-ring (bicyclic) bond motifs is 1. The lowest BCUT2D eigenvalue weighted by molar-refractivity contribution is -0.142. The van der Waals surface area contributed by atoms with Gasteiger partial charge in [0.05, 0.1) is 17.2 Å². The van der Waals surface area contributed by atoms with E-state index in [0.717, 1.165) is 31.7 Å². The van der Waals surface area contributed by atoms with E-state index in [4.69, 9.17) is 0 Å². The van der Waals surface area contributed by atoms with Crippen LogP contribution in [0.5, 0.6) is 0 Å². The molecule has 3 nitrogen and oxygen atoms in total. The van der Waals surface area contributed by atoms with Crippen molar-refractivity contribution in [2.45, 2.75) is 70.3 Å². The average Bonchev–Trinajstić information content (AvgIpc) is 2.69. The average molecular weight is 450 g/mol. The van der Waals surface area contributed by atoms with Gasteiger partial charge in [-0.1, -0.05) is 57.6 Å². The Morgan fingerprint density at radius 3 is 2.19 bits per heavy atom. The van der Waals surface area contributed by atoms with E-state index in [1.54, 1.807) is 0 Å². The number of aliphatic hydroxyl groups is 1. The van der Waals surface area contributed by atoms with Crippen molar-refractivity contribution in [3.63, 3.8) is 0 Å². The molecule has 0 amide bonds. The predicted octanol–water partition coefficient (Wildman–Crippen LogP) is 6.65. The Hall–Kier alpha value is -1.87. The van der Waals surface area contributed by atoms with Crippen LogP contribution in [0, 0.1) is 0 Å². The van der Waals surface area contributed by atoms with Gasteiger partial charge in [0.1, 0.15) is 5.69 Å². The van der Waals surface area contributed by atoms with E-state index in [2.05, 4.69) is 17.2 Å². The number of hydrogen-bond donors (Lipinski definition) is 2. The molecule has 2 aromatic rings. The zero-order valence-corrected chi connectivity index (χ0v) is 17.4. The van der Waals surface area contributed by atoms with Crippen molar-refractivity contribution in [1.29, 1.82) is 0 Å². The second kappa shape index (κ2) is 11.1. The lowest BCUT2D eigenvalue weighted by atomic mass is 9.99. The highest BCUT2D eigenvalue weighted by Gasteiger charge is 2.37. The van der Waals surface area contributed by atoms with Gasteiger partial charge in [0.15, 0.2) is 0 Å². The molecule has 1 aromatic heterocycles. The zero-order chi connectivity index (χ0) is 23.1. The van der Waals surface area contributed by atoms with Crippen molar-refractivity contribution < 1.29 is 31.4 Å². The van der Waals surface area contributed by atoms with Gasteiger partial charge in [-0.15, -0.1) is 0 Å². The van der Waals surface area contributed by atoms with Crippen LogP contribution < -0.4 is 5.32 Å². The van der Waals surface area contributed by atoms with Crippen molar-refractivity contribution in [3.05, 3.63) is 41.1 Å². The Morgan fingerprint density at radius 1 is 0.935 bits per heavy atom. The molecule has 0 spiro atoms. The van der Waals surface area contributed by atoms with Crippen LogP contribution in [0.4, 0.5) is 26.3 Å². The Kier molecular flexibility index (Phi) is 9.12. The third-order valence-electron chi connectivity index (χ3n) is 5.12. The number of nitrogens with zero attached hydrogens (tertiary/aromatic N) is 1. The molecule has 1 aromatic carbocycles. The van der Waals surface area contributed by atoms with Gasteiger partial charge in [0.2, 0.25) is 0 Å². The number of benzene rings is 1. The minimum Gasteiger partial charge on any atom is -0.387 e. The highest BCUT2D eigenvalue weighted by Crippen LogP contribution is 2.38. The molecule has 0 radical (unpaired) electrons. The first-order valence-electron chi connectivity index (χ1n) is 10.5. The van der Waals surface area contributed by atoms with E-state index in [1.165, 1.54) is 25.3 Å². The summed E-state index contributed by atoms with van der Waals surface area (Å²) in [7, 11) is 0. The van der Waals surface area contributed by atoms with Crippen molar-refractivity contribution in [2.75, 3.05) is 13.1 Å². The Balaban J connectivity index is 2.13. The lowest BCUT2D eigenvalue weighted by Gasteiger charge is -2.19. The number of aromatic nitrogens is 1. The normalized spacial score (nSPS) is 13.7. The number of alkyl halides is 6. The number of aliphatic hydroxyl groups excluding tert-OH is 1. The van der Waals surface area contributed by atoms with E-state index >= 15 is 0 Å². The van der Waals surface area contributed by atoms with Gasteiger partial charge in [-0.25, -0.2) is 4.98 Å². The lowest BCUT2D eigenvalue weighted by Crippen LogP contribution is -2.23. The third kappa shape index (κ3) is 7.35. The molecule has 0 aliphatic rings. The first kappa shape index (κ1) is 25.4. The SMILES string of the molecule is CCCCCCCCCNC[C@H](O)c1cc(C(F)(F)F)nc2c(C(F)(F)F)cccc12. The minimum absolute atomic E-state index is 0.0670. The molecule has 9 heteroatoms. The Labute approximate surface area is 177 Å².